The van der Waals surface area contributed by atoms with Gasteiger partial charge in [0.25, 0.3) is 5.91 Å². The number of para-hydroxylation sites is 2. The van der Waals surface area contributed by atoms with Gasteiger partial charge in [-0.05, 0) is 42.8 Å². The topological polar surface area (TPSA) is 97.0 Å². The van der Waals surface area contributed by atoms with Crippen LogP contribution in [0.2, 0.25) is 0 Å². The molecular weight excluding hydrogens is 398 g/mol. The first kappa shape index (κ1) is 22.3. The summed E-state index contributed by atoms with van der Waals surface area (Å²) in [4.78, 5) is 38.8. The highest BCUT2D eigenvalue weighted by Gasteiger charge is 2.17. The molecule has 1 fully saturated rings. The van der Waals surface area contributed by atoms with Gasteiger partial charge in [-0.1, -0.05) is 12.1 Å². The number of nitrogens with zero attached hydrogens (tertiary/aromatic N) is 1. The average molecular weight is 425 g/mol. The minimum Gasteiger partial charge on any atom is -0.497 e. The van der Waals surface area contributed by atoms with Crippen LogP contribution in [-0.2, 0) is 14.3 Å². The van der Waals surface area contributed by atoms with E-state index in [1.165, 1.54) is 0 Å². The highest BCUT2D eigenvalue weighted by atomic mass is 16.5. The lowest BCUT2D eigenvalue weighted by Crippen LogP contribution is -2.40. The number of nitrogens with one attached hydrogen (secondary N) is 2. The van der Waals surface area contributed by atoms with E-state index in [1.807, 2.05) is 0 Å². The van der Waals surface area contributed by atoms with Gasteiger partial charge in [0.1, 0.15) is 5.75 Å². The van der Waals surface area contributed by atoms with Crippen LogP contribution >= 0.6 is 0 Å². The number of amides is 3. The van der Waals surface area contributed by atoms with E-state index in [9.17, 15) is 14.4 Å². The molecule has 2 aromatic rings. The molecule has 8 nitrogen and oxygen atoms in total. The fourth-order valence-corrected chi connectivity index (χ4v) is 3.22. The van der Waals surface area contributed by atoms with Crippen LogP contribution in [0, 0.1) is 0 Å². The number of carbonyl (C=O) groups is 3. The van der Waals surface area contributed by atoms with Gasteiger partial charge in [0.2, 0.25) is 11.8 Å². The molecule has 1 aliphatic rings. The molecule has 164 valence electrons. The SMILES string of the molecule is COc1ccc(C(=O)Nc2ccccc2NC(=O)CCCC(=O)N2CCOCC2)cc1. The largest absolute Gasteiger partial charge is 0.497 e. The number of hydrogen-bond donors (Lipinski definition) is 2. The second kappa shape index (κ2) is 11.1. The van der Waals surface area contributed by atoms with Crippen LogP contribution in [0.5, 0.6) is 5.75 Å². The van der Waals surface area contributed by atoms with Crippen molar-refractivity contribution in [3.05, 3.63) is 54.1 Å². The van der Waals surface area contributed by atoms with Crippen molar-refractivity contribution in [3.8, 4) is 5.75 Å². The molecule has 3 rings (SSSR count). The summed E-state index contributed by atoms with van der Waals surface area (Å²) >= 11 is 0. The molecule has 0 aromatic heterocycles. The standard InChI is InChI=1S/C23H27N3O5/c1-30-18-11-9-17(10-12-18)23(29)25-20-6-3-2-5-19(20)24-21(27)7-4-8-22(28)26-13-15-31-16-14-26/h2-3,5-6,9-12H,4,7-8,13-16H2,1H3,(H,24,27)(H,25,29). The third kappa shape index (κ3) is 6.55. The zero-order valence-corrected chi connectivity index (χ0v) is 17.6. The van der Waals surface area contributed by atoms with Crippen LogP contribution < -0.4 is 15.4 Å². The zero-order chi connectivity index (χ0) is 22.1. The van der Waals surface area contributed by atoms with Gasteiger partial charge in [0.05, 0.1) is 31.7 Å². The highest BCUT2D eigenvalue weighted by Crippen LogP contribution is 2.23. The predicted octanol–water partition coefficient (Wildman–Crippen LogP) is 2.92. The summed E-state index contributed by atoms with van der Waals surface area (Å²) in [5.41, 5.74) is 1.48. The Hall–Kier alpha value is -3.39. The first-order valence-corrected chi connectivity index (χ1v) is 10.3. The van der Waals surface area contributed by atoms with Gasteiger partial charge < -0.3 is 25.0 Å². The first-order chi connectivity index (χ1) is 15.1. The van der Waals surface area contributed by atoms with E-state index in [-0.39, 0.29) is 24.1 Å². The molecule has 1 aliphatic heterocycles. The zero-order valence-electron chi connectivity index (χ0n) is 17.6. The van der Waals surface area contributed by atoms with Gasteiger partial charge in [-0.15, -0.1) is 0 Å². The average Bonchev–Trinajstić information content (AvgIpc) is 2.81. The number of carbonyl (C=O) groups excluding carboxylic acids is 3. The summed E-state index contributed by atoms with van der Waals surface area (Å²) in [6.07, 6.45) is 1.00. The summed E-state index contributed by atoms with van der Waals surface area (Å²) in [5, 5.41) is 5.64. The minimum atomic E-state index is -0.291. The normalized spacial score (nSPS) is 13.4. The molecular formula is C23H27N3O5. The lowest BCUT2D eigenvalue weighted by Gasteiger charge is -2.26. The molecule has 0 radical (unpaired) electrons. The van der Waals surface area contributed by atoms with Crippen LogP contribution in [0.4, 0.5) is 11.4 Å². The van der Waals surface area contributed by atoms with Gasteiger partial charge in [0.15, 0.2) is 0 Å². The minimum absolute atomic E-state index is 0.0447. The molecule has 2 aromatic carbocycles. The van der Waals surface area contributed by atoms with E-state index in [4.69, 9.17) is 9.47 Å². The van der Waals surface area contributed by atoms with Gasteiger partial charge in [-0.25, -0.2) is 0 Å². The van der Waals surface area contributed by atoms with Crippen molar-refractivity contribution >= 4 is 29.1 Å². The Labute approximate surface area is 181 Å². The van der Waals surface area contributed by atoms with Crippen LogP contribution in [0.25, 0.3) is 0 Å². The van der Waals surface area contributed by atoms with Crippen molar-refractivity contribution in [3.63, 3.8) is 0 Å². The molecule has 0 bridgehead atoms. The Morgan fingerprint density at radius 2 is 1.58 bits per heavy atom. The maximum atomic E-state index is 12.5. The van der Waals surface area contributed by atoms with Crippen LogP contribution in [0.1, 0.15) is 29.6 Å². The lowest BCUT2D eigenvalue weighted by molar-refractivity contribution is -0.135. The van der Waals surface area contributed by atoms with Crippen molar-refractivity contribution in [2.45, 2.75) is 19.3 Å². The summed E-state index contributed by atoms with van der Waals surface area (Å²) in [5.74, 6) is 0.209. The number of anilines is 2. The lowest BCUT2D eigenvalue weighted by atomic mass is 10.1. The van der Waals surface area contributed by atoms with Crippen molar-refractivity contribution < 1.29 is 23.9 Å². The molecule has 1 heterocycles. The number of morpholine rings is 1. The molecule has 0 spiro atoms. The Morgan fingerprint density at radius 3 is 2.23 bits per heavy atom. The van der Waals surface area contributed by atoms with Crippen LogP contribution in [0.3, 0.4) is 0 Å². The second-order valence-corrected chi connectivity index (χ2v) is 7.12. The molecule has 2 N–H and O–H groups in total. The molecule has 0 unspecified atom stereocenters. The van der Waals surface area contributed by atoms with Crippen LogP contribution in [0.15, 0.2) is 48.5 Å². The number of benzene rings is 2. The molecule has 8 heteroatoms. The van der Waals surface area contributed by atoms with E-state index < -0.39 is 0 Å². The van der Waals surface area contributed by atoms with Gasteiger partial charge >= 0.3 is 0 Å². The number of hydrogen-bond acceptors (Lipinski definition) is 5. The van der Waals surface area contributed by atoms with E-state index in [0.29, 0.717) is 61.8 Å². The Kier molecular flexibility index (Phi) is 8.00. The Balaban J connectivity index is 1.51. The monoisotopic (exact) mass is 425 g/mol. The molecule has 0 saturated carbocycles. The van der Waals surface area contributed by atoms with Crippen molar-refractivity contribution in [1.29, 1.82) is 0 Å². The van der Waals surface area contributed by atoms with E-state index in [2.05, 4.69) is 10.6 Å². The summed E-state index contributed by atoms with van der Waals surface area (Å²) < 4.78 is 10.3. The summed E-state index contributed by atoms with van der Waals surface area (Å²) in [6, 6.07) is 13.8. The molecule has 0 atom stereocenters. The summed E-state index contributed by atoms with van der Waals surface area (Å²) in [6.45, 7) is 2.33. The molecule has 3 amide bonds. The quantitative estimate of drug-likeness (QED) is 0.678. The van der Waals surface area contributed by atoms with Crippen molar-refractivity contribution in [2.75, 3.05) is 44.0 Å². The second-order valence-electron chi connectivity index (χ2n) is 7.12. The van der Waals surface area contributed by atoms with Crippen molar-refractivity contribution in [2.24, 2.45) is 0 Å². The fraction of sp³-hybridized carbons (Fsp3) is 0.348. The summed E-state index contributed by atoms with van der Waals surface area (Å²) in [7, 11) is 1.56. The third-order valence-electron chi connectivity index (χ3n) is 4.96. The first-order valence-electron chi connectivity index (χ1n) is 10.3. The van der Waals surface area contributed by atoms with Gasteiger partial charge in [-0.3, -0.25) is 14.4 Å². The molecule has 1 saturated heterocycles. The van der Waals surface area contributed by atoms with Gasteiger partial charge in [0, 0.05) is 31.5 Å². The predicted molar refractivity (Wildman–Crippen MR) is 117 cm³/mol. The van der Waals surface area contributed by atoms with Crippen molar-refractivity contribution in [1.82, 2.24) is 4.90 Å². The molecule has 0 aliphatic carbocycles. The molecule has 31 heavy (non-hydrogen) atoms. The Bertz CT molecular complexity index is 908. The van der Waals surface area contributed by atoms with Crippen LogP contribution in [-0.4, -0.2) is 56.0 Å². The number of methoxy groups -OCH3 is 1. The smallest absolute Gasteiger partial charge is 0.255 e. The third-order valence-corrected chi connectivity index (χ3v) is 4.96. The maximum absolute atomic E-state index is 12.5. The van der Waals surface area contributed by atoms with E-state index >= 15 is 0 Å². The fourth-order valence-electron chi connectivity index (χ4n) is 3.22. The van der Waals surface area contributed by atoms with Gasteiger partial charge in [-0.2, -0.15) is 0 Å². The van der Waals surface area contributed by atoms with E-state index in [1.54, 1.807) is 60.5 Å². The Morgan fingerprint density at radius 1 is 0.935 bits per heavy atom. The van der Waals surface area contributed by atoms with E-state index in [0.717, 1.165) is 0 Å². The number of rotatable bonds is 8. The number of ether oxygens (including phenoxy) is 2. The highest BCUT2D eigenvalue weighted by molar-refractivity contribution is 6.07. The maximum Gasteiger partial charge on any atom is 0.255 e.